The Balaban J connectivity index is 1.74. The number of amides is 1. The normalized spacial score (nSPS) is 10.9. The van der Waals surface area contributed by atoms with E-state index in [1.807, 2.05) is 16.8 Å². The molecule has 2 heterocycles. The number of nitrogens with one attached hydrogen (secondary N) is 1. The van der Waals surface area contributed by atoms with Crippen molar-refractivity contribution < 1.29 is 9.21 Å². The molecule has 30 heavy (non-hydrogen) atoms. The summed E-state index contributed by atoms with van der Waals surface area (Å²) in [6.45, 7) is 5.10. The van der Waals surface area contributed by atoms with Gasteiger partial charge in [-0.1, -0.05) is 37.0 Å². The Morgan fingerprint density at radius 1 is 1.13 bits per heavy atom. The van der Waals surface area contributed by atoms with Crippen molar-refractivity contribution >= 4 is 29.1 Å². The van der Waals surface area contributed by atoms with Crippen LogP contribution in [-0.4, -0.2) is 22.2 Å². The average molecular weight is 448 g/mol. The molecule has 0 unspecified atom stereocenters. The Morgan fingerprint density at radius 2 is 1.87 bits per heavy atom. The van der Waals surface area contributed by atoms with E-state index in [0.717, 1.165) is 36.1 Å². The zero-order valence-corrected chi connectivity index (χ0v) is 18.4. The first-order valence-corrected chi connectivity index (χ1v) is 10.6. The summed E-state index contributed by atoms with van der Waals surface area (Å²) in [5.41, 5.74) is 4.18. The summed E-state index contributed by atoms with van der Waals surface area (Å²) < 4.78 is 6.68. The van der Waals surface area contributed by atoms with E-state index in [1.165, 1.54) is 17.7 Å². The number of aromatic nitrogens is 2. The monoisotopic (exact) mass is 447 g/mol. The van der Waals surface area contributed by atoms with Crippen LogP contribution >= 0.6 is 23.2 Å². The summed E-state index contributed by atoms with van der Waals surface area (Å²) in [5, 5.41) is 8.82. The maximum atomic E-state index is 12.2. The number of hydrogen-bond acceptors (Lipinski definition) is 4. The number of aryl methyl sites for hydroxylation is 1. The highest BCUT2D eigenvalue weighted by Crippen LogP contribution is 2.25. The van der Waals surface area contributed by atoms with Gasteiger partial charge in [0.1, 0.15) is 6.26 Å². The van der Waals surface area contributed by atoms with Crippen LogP contribution < -0.4 is 10.9 Å². The van der Waals surface area contributed by atoms with Crippen LogP contribution in [0, 0.1) is 0 Å². The fourth-order valence-corrected chi connectivity index (χ4v) is 4.01. The SMILES string of the molecule is CCc1nn(CCNC(=O)c2ccc(=O)oc2)c(CC)c1Cc1cc(Cl)cc(Cl)c1. The van der Waals surface area contributed by atoms with E-state index in [0.29, 0.717) is 35.1 Å². The molecule has 3 aromatic rings. The van der Waals surface area contributed by atoms with Gasteiger partial charge in [0.05, 0.1) is 17.8 Å². The summed E-state index contributed by atoms with van der Waals surface area (Å²) >= 11 is 12.3. The molecule has 1 amide bonds. The van der Waals surface area contributed by atoms with Gasteiger partial charge in [0.2, 0.25) is 0 Å². The fourth-order valence-electron chi connectivity index (χ4n) is 3.44. The van der Waals surface area contributed by atoms with E-state index in [1.54, 1.807) is 6.07 Å². The minimum absolute atomic E-state index is 0.298. The molecule has 6 nitrogen and oxygen atoms in total. The van der Waals surface area contributed by atoms with Gasteiger partial charge in [-0.3, -0.25) is 9.48 Å². The third-order valence-corrected chi connectivity index (χ3v) is 5.23. The molecular weight excluding hydrogens is 425 g/mol. The molecule has 0 atom stereocenters. The van der Waals surface area contributed by atoms with Gasteiger partial charge in [-0.25, -0.2) is 4.79 Å². The third-order valence-electron chi connectivity index (χ3n) is 4.80. The van der Waals surface area contributed by atoms with E-state index >= 15 is 0 Å². The van der Waals surface area contributed by atoms with Gasteiger partial charge in [0.25, 0.3) is 5.91 Å². The topological polar surface area (TPSA) is 77.1 Å². The Hall–Kier alpha value is -2.57. The van der Waals surface area contributed by atoms with Crippen molar-refractivity contribution in [3.05, 3.63) is 85.1 Å². The van der Waals surface area contributed by atoms with Crippen LogP contribution in [0.5, 0.6) is 0 Å². The largest absolute Gasteiger partial charge is 0.430 e. The molecule has 1 N–H and O–H groups in total. The molecule has 0 bridgehead atoms. The molecule has 0 aliphatic carbocycles. The smallest absolute Gasteiger partial charge is 0.335 e. The van der Waals surface area contributed by atoms with Crippen molar-refractivity contribution in [1.82, 2.24) is 15.1 Å². The van der Waals surface area contributed by atoms with Crippen molar-refractivity contribution in [3.63, 3.8) is 0 Å². The van der Waals surface area contributed by atoms with Crippen molar-refractivity contribution in [2.24, 2.45) is 0 Å². The number of hydrogen-bond donors (Lipinski definition) is 1. The van der Waals surface area contributed by atoms with Crippen LogP contribution in [0.25, 0.3) is 0 Å². The summed E-state index contributed by atoms with van der Waals surface area (Å²) in [5.74, 6) is -0.298. The van der Waals surface area contributed by atoms with Gasteiger partial charge in [-0.05, 0) is 42.7 Å². The molecule has 0 saturated heterocycles. The van der Waals surface area contributed by atoms with E-state index in [2.05, 4.69) is 19.2 Å². The van der Waals surface area contributed by atoms with Gasteiger partial charge < -0.3 is 9.73 Å². The number of carbonyl (C=O) groups is 1. The highest BCUT2D eigenvalue weighted by Gasteiger charge is 2.17. The van der Waals surface area contributed by atoms with Crippen molar-refractivity contribution in [3.8, 4) is 0 Å². The molecule has 0 aliphatic rings. The Bertz CT molecular complexity index is 1060. The van der Waals surface area contributed by atoms with E-state index in [4.69, 9.17) is 32.7 Å². The first-order valence-electron chi connectivity index (χ1n) is 9.80. The predicted molar refractivity (Wildman–Crippen MR) is 118 cm³/mol. The van der Waals surface area contributed by atoms with Crippen molar-refractivity contribution in [2.45, 2.75) is 39.7 Å². The molecule has 3 rings (SSSR count). The molecule has 1 aromatic carbocycles. The Morgan fingerprint density at radius 3 is 2.47 bits per heavy atom. The second-order valence-corrected chi connectivity index (χ2v) is 7.73. The molecule has 158 valence electrons. The fraction of sp³-hybridized carbons (Fsp3) is 0.318. The lowest BCUT2D eigenvalue weighted by Crippen LogP contribution is -2.28. The molecule has 0 fully saturated rings. The maximum Gasteiger partial charge on any atom is 0.335 e. The summed E-state index contributed by atoms with van der Waals surface area (Å²) in [6, 6.07) is 8.22. The molecule has 0 radical (unpaired) electrons. The minimum Gasteiger partial charge on any atom is -0.430 e. The lowest BCUT2D eigenvalue weighted by atomic mass is 10.0. The lowest BCUT2D eigenvalue weighted by molar-refractivity contribution is 0.0949. The van der Waals surface area contributed by atoms with Gasteiger partial charge in [0, 0.05) is 40.3 Å². The van der Waals surface area contributed by atoms with Crippen LogP contribution in [-0.2, 0) is 25.8 Å². The highest BCUT2D eigenvalue weighted by molar-refractivity contribution is 6.34. The van der Waals surface area contributed by atoms with Gasteiger partial charge >= 0.3 is 5.63 Å². The van der Waals surface area contributed by atoms with Crippen LogP contribution in [0.2, 0.25) is 10.0 Å². The lowest BCUT2D eigenvalue weighted by Gasteiger charge is -2.10. The van der Waals surface area contributed by atoms with Crippen LogP contribution in [0.15, 0.2) is 45.8 Å². The minimum atomic E-state index is -0.490. The standard InChI is InChI=1S/C22H23Cl2N3O3/c1-3-19-18(11-14-9-16(23)12-17(24)10-14)20(4-2)27(26-19)8-7-25-22(29)15-5-6-21(28)30-13-15/h5-6,9-10,12-13H,3-4,7-8,11H2,1-2H3,(H,25,29). The van der Waals surface area contributed by atoms with Crippen molar-refractivity contribution in [1.29, 1.82) is 0 Å². The number of rotatable bonds is 8. The molecule has 0 spiro atoms. The Labute approximate surface area is 184 Å². The quantitative estimate of drug-likeness (QED) is 0.558. The Kier molecular flexibility index (Phi) is 7.34. The molecule has 0 aliphatic heterocycles. The van der Waals surface area contributed by atoms with Gasteiger partial charge in [-0.2, -0.15) is 5.10 Å². The highest BCUT2D eigenvalue weighted by atomic mass is 35.5. The first kappa shape index (κ1) is 22.1. The van der Waals surface area contributed by atoms with Crippen LogP contribution in [0.4, 0.5) is 0 Å². The van der Waals surface area contributed by atoms with E-state index < -0.39 is 5.63 Å². The van der Waals surface area contributed by atoms with E-state index in [-0.39, 0.29) is 5.91 Å². The number of benzene rings is 1. The number of halogens is 2. The number of carbonyl (C=O) groups excluding carboxylic acids is 1. The maximum absolute atomic E-state index is 12.2. The van der Waals surface area contributed by atoms with E-state index in [9.17, 15) is 9.59 Å². The van der Waals surface area contributed by atoms with Crippen LogP contribution in [0.3, 0.4) is 0 Å². The molecular formula is C22H23Cl2N3O3. The second-order valence-electron chi connectivity index (χ2n) is 6.86. The van der Waals surface area contributed by atoms with Crippen molar-refractivity contribution in [2.75, 3.05) is 6.54 Å². The molecule has 0 saturated carbocycles. The zero-order valence-electron chi connectivity index (χ0n) is 16.9. The van der Waals surface area contributed by atoms with Crippen LogP contribution in [0.1, 0.15) is 46.7 Å². The summed E-state index contributed by atoms with van der Waals surface area (Å²) in [4.78, 5) is 23.2. The zero-order chi connectivity index (χ0) is 21.7. The first-order chi connectivity index (χ1) is 14.4. The summed E-state index contributed by atoms with van der Waals surface area (Å²) in [6.07, 6.45) is 3.47. The molecule has 2 aromatic heterocycles. The average Bonchev–Trinajstić information content (AvgIpc) is 3.04. The molecule has 8 heteroatoms. The second kappa shape index (κ2) is 9.96. The third kappa shape index (κ3) is 5.32. The number of nitrogens with zero attached hydrogens (tertiary/aromatic N) is 2. The summed E-state index contributed by atoms with van der Waals surface area (Å²) in [7, 11) is 0. The predicted octanol–water partition coefficient (Wildman–Crippen LogP) is 4.29. The van der Waals surface area contributed by atoms with Gasteiger partial charge in [-0.15, -0.1) is 0 Å². The van der Waals surface area contributed by atoms with Gasteiger partial charge in [0.15, 0.2) is 0 Å².